The van der Waals surface area contributed by atoms with E-state index >= 15 is 0 Å². The van der Waals surface area contributed by atoms with Gasteiger partial charge in [-0.3, -0.25) is 19.5 Å². The Morgan fingerprint density at radius 3 is 2.68 bits per heavy atom. The van der Waals surface area contributed by atoms with Crippen molar-refractivity contribution in [2.45, 2.75) is 6.04 Å². The van der Waals surface area contributed by atoms with Crippen molar-refractivity contribution in [2.24, 2.45) is 0 Å². The Labute approximate surface area is 191 Å². The summed E-state index contributed by atoms with van der Waals surface area (Å²) in [5.74, 6) is -0.765. The maximum Gasteiger partial charge on any atom is 0.252 e. The van der Waals surface area contributed by atoms with E-state index in [2.05, 4.69) is 37.8 Å². The van der Waals surface area contributed by atoms with Crippen LogP contribution in [0.25, 0.3) is 10.2 Å². The number of fused-ring (bicyclic) bond motifs is 1. The maximum absolute atomic E-state index is 13.5. The molecule has 6 nitrogen and oxygen atoms in total. The van der Waals surface area contributed by atoms with E-state index in [0.717, 1.165) is 14.7 Å². The van der Waals surface area contributed by atoms with E-state index in [-0.39, 0.29) is 5.91 Å². The molecule has 2 aromatic carbocycles. The molecular weight excluding hydrogens is 476 g/mol. The minimum absolute atomic E-state index is 0.366. The van der Waals surface area contributed by atoms with Crippen molar-refractivity contribution in [2.75, 3.05) is 10.2 Å². The third kappa shape index (κ3) is 4.55. The number of aromatic nitrogens is 2. The Kier molecular flexibility index (Phi) is 6.20. The van der Waals surface area contributed by atoms with Crippen molar-refractivity contribution in [1.82, 2.24) is 9.97 Å². The molecule has 154 valence electrons. The number of carbonyl (C=O) groups is 2. The summed E-state index contributed by atoms with van der Waals surface area (Å²) < 4.78 is 1.81. The number of rotatable bonds is 6. The number of thiazole rings is 1. The number of nitrogens with one attached hydrogen (secondary N) is 1. The summed E-state index contributed by atoms with van der Waals surface area (Å²) >= 11 is 4.85. The summed E-state index contributed by atoms with van der Waals surface area (Å²) in [7, 11) is 0. The molecule has 0 radical (unpaired) electrons. The highest BCUT2D eigenvalue weighted by Gasteiger charge is 2.32. The van der Waals surface area contributed by atoms with Crippen LogP contribution in [0, 0.1) is 0 Å². The van der Waals surface area contributed by atoms with Crippen LogP contribution >= 0.6 is 27.3 Å². The maximum atomic E-state index is 13.5. The molecule has 0 bridgehead atoms. The number of nitrogens with zero attached hydrogens (tertiary/aromatic N) is 3. The van der Waals surface area contributed by atoms with Gasteiger partial charge in [-0.05, 0) is 54.6 Å². The number of carbonyl (C=O) groups excluding carboxylic acids is 2. The normalized spacial score (nSPS) is 11.6. The molecule has 0 aliphatic rings. The quantitative estimate of drug-likeness (QED) is 0.368. The van der Waals surface area contributed by atoms with Gasteiger partial charge in [-0.2, -0.15) is 0 Å². The zero-order valence-electron chi connectivity index (χ0n) is 16.2. The molecule has 0 saturated heterocycles. The zero-order chi connectivity index (χ0) is 21.8. The second kappa shape index (κ2) is 9.20. The molecule has 1 atom stereocenters. The van der Waals surface area contributed by atoms with Crippen LogP contribution in [0.1, 0.15) is 11.6 Å². The topological polar surface area (TPSA) is 75.2 Å². The van der Waals surface area contributed by atoms with Gasteiger partial charge < -0.3 is 5.32 Å². The first-order valence-corrected chi connectivity index (χ1v) is 11.0. The standard InChI is InChI=1S/C23H17BrN4O2S/c1-2-21(29)28(18-9-10-19-20(12-18)31-14-26-19)22(15-4-3-11-25-13-15)23(30)27-17-7-5-16(24)6-8-17/h2-14,22H,1H2,(H,27,30). The lowest BCUT2D eigenvalue weighted by atomic mass is 10.0. The van der Waals surface area contributed by atoms with Crippen LogP contribution in [-0.4, -0.2) is 21.8 Å². The van der Waals surface area contributed by atoms with Gasteiger partial charge in [0.1, 0.15) is 6.04 Å². The number of halogens is 1. The van der Waals surface area contributed by atoms with E-state index in [0.29, 0.717) is 16.9 Å². The monoisotopic (exact) mass is 492 g/mol. The van der Waals surface area contributed by atoms with Gasteiger partial charge in [-0.1, -0.05) is 28.6 Å². The van der Waals surface area contributed by atoms with Crippen molar-refractivity contribution in [3.8, 4) is 0 Å². The van der Waals surface area contributed by atoms with Gasteiger partial charge in [0.05, 0.1) is 15.7 Å². The predicted molar refractivity (Wildman–Crippen MR) is 127 cm³/mol. The molecule has 2 aromatic heterocycles. The van der Waals surface area contributed by atoms with Gasteiger partial charge >= 0.3 is 0 Å². The largest absolute Gasteiger partial charge is 0.324 e. The highest BCUT2D eigenvalue weighted by atomic mass is 79.9. The number of benzene rings is 2. The van der Waals surface area contributed by atoms with Gasteiger partial charge in [0, 0.05) is 33.8 Å². The van der Waals surface area contributed by atoms with E-state index in [1.807, 2.05) is 24.3 Å². The van der Waals surface area contributed by atoms with Gasteiger partial charge in [-0.25, -0.2) is 4.98 Å². The molecule has 1 N–H and O–H groups in total. The number of anilines is 2. The highest BCUT2D eigenvalue weighted by Crippen LogP contribution is 2.32. The molecule has 2 amide bonds. The summed E-state index contributed by atoms with van der Waals surface area (Å²) in [6.07, 6.45) is 4.41. The van der Waals surface area contributed by atoms with Crippen LogP contribution < -0.4 is 10.2 Å². The smallest absolute Gasteiger partial charge is 0.252 e. The first-order valence-electron chi connectivity index (χ1n) is 9.32. The molecule has 4 aromatic rings. The molecular formula is C23H17BrN4O2S. The minimum Gasteiger partial charge on any atom is -0.324 e. The van der Waals surface area contributed by atoms with Crippen LogP contribution in [-0.2, 0) is 9.59 Å². The SMILES string of the molecule is C=CC(=O)N(c1ccc2ncsc2c1)C(C(=O)Nc1ccc(Br)cc1)c1cccnc1. The predicted octanol–water partition coefficient (Wildman–Crippen LogP) is 5.35. The zero-order valence-corrected chi connectivity index (χ0v) is 18.6. The van der Waals surface area contributed by atoms with E-state index < -0.39 is 11.9 Å². The number of hydrogen-bond donors (Lipinski definition) is 1. The van der Waals surface area contributed by atoms with Crippen LogP contribution in [0.5, 0.6) is 0 Å². The van der Waals surface area contributed by atoms with E-state index in [1.165, 1.54) is 22.3 Å². The Morgan fingerprint density at radius 2 is 1.97 bits per heavy atom. The molecule has 0 aliphatic heterocycles. The van der Waals surface area contributed by atoms with Crippen LogP contribution in [0.15, 0.2) is 89.6 Å². The fourth-order valence-electron chi connectivity index (χ4n) is 3.19. The average molecular weight is 493 g/mol. The molecule has 8 heteroatoms. The van der Waals surface area contributed by atoms with Crippen molar-refractivity contribution in [3.63, 3.8) is 0 Å². The Hall–Kier alpha value is -3.36. The number of pyridine rings is 1. The summed E-state index contributed by atoms with van der Waals surface area (Å²) in [6.45, 7) is 3.63. The van der Waals surface area contributed by atoms with E-state index in [1.54, 1.807) is 48.2 Å². The second-order valence-electron chi connectivity index (χ2n) is 6.60. The van der Waals surface area contributed by atoms with Crippen molar-refractivity contribution >= 4 is 60.7 Å². The average Bonchev–Trinajstić information content (AvgIpc) is 3.27. The van der Waals surface area contributed by atoms with Crippen LogP contribution in [0.2, 0.25) is 0 Å². The van der Waals surface area contributed by atoms with Crippen molar-refractivity contribution in [1.29, 1.82) is 0 Å². The minimum atomic E-state index is -0.951. The van der Waals surface area contributed by atoms with Gasteiger partial charge in [0.15, 0.2) is 0 Å². The first kappa shape index (κ1) is 20.9. The van der Waals surface area contributed by atoms with Gasteiger partial charge in [-0.15, -0.1) is 11.3 Å². The molecule has 31 heavy (non-hydrogen) atoms. The second-order valence-corrected chi connectivity index (χ2v) is 8.40. The molecule has 0 aliphatic carbocycles. The fraction of sp³-hybridized carbons (Fsp3) is 0.0435. The number of hydrogen-bond acceptors (Lipinski definition) is 5. The third-order valence-electron chi connectivity index (χ3n) is 4.62. The van der Waals surface area contributed by atoms with Gasteiger partial charge in [0.2, 0.25) is 0 Å². The Bertz CT molecular complexity index is 1240. The summed E-state index contributed by atoms with van der Waals surface area (Å²) in [5, 5.41) is 2.90. The lowest BCUT2D eigenvalue weighted by Gasteiger charge is -2.30. The summed E-state index contributed by atoms with van der Waals surface area (Å²) in [6, 6.07) is 15.2. The van der Waals surface area contributed by atoms with E-state index in [4.69, 9.17) is 0 Å². The van der Waals surface area contributed by atoms with Crippen molar-refractivity contribution < 1.29 is 9.59 Å². The molecule has 2 heterocycles. The molecule has 0 fully saturated rings. The van der Waals surface area contributed by atoms with Gasteiger partial charge in [0.25, 0.3) is 11.8 Å². The summed E-state index contributed by atoms with van der Waals surface area (Å²) in [4.78, 5) is 36.3. The third-order valence-corrected chi connectivity index (χ3v) is 5.94. The molecule has 0 spiro atoms. The van der Waals surface area contributed by atoms with Crippen molar-refractivity contribution in [3.05, 3.63) is 95.2 Å². The molecule has 1 unspecified atom stereocenters. The first-order chi connectivity index (χ1) is 15.1. The molecule has 4 rings (SSSR count). The fourth-order valence-corrected chi connectivity index (χ4v) is 4.17. The molecule has 0 saturated carbocycles. The summed E-state index contributed by atoms with van der Waals surface area (Å²) in [5.41, 5.74) is 4.34. The number of amides is 2. The van der Waals surface area contributed by atoms with Crippen LogP contribution in [0.3, 0.4) is 0 Å². The Balaban J connectivity index is 1.80. The van der Waals surface area contributed by atoms with Crippen LogP contribution in [0.4, 0.5) is 11.4 Å². The highest BCUT2D eigenvalue weighted by molar-refractivity contribution is 9.10. The Morgan fingerprint density at radius 1 is 1.16 bits per heavy atom. The lowest BCUT2D eigenvalue weighted by molar-refractivity contribution is -0.121. The van der Waals surface area contributed by atoms with E-state index in [9.17, 15) is 9.59 Å². The lowest BCUT2D eigenvalue weighted by Crippen LogP contribution is -2.40.